The number of ether oxygens (including phenoxy) is 3. The standard InChI is InChI=1S/C19H34O5/c1-7-17(20)23-12-19(5,8-2)18(21)24-15-10-9-14(13(3)4)11-16(15)22-6/h13-16H,7-12H2,1-6H3/t14-,15-,16-,19?/m1/s1. The molecule has 0 N–H and O–H groups in total. The highest BCUT2D eigenvalue weighted by Crippen LogP contribution is 2.34. The zero-order valence-electron chi connectivity index (χ0n) is 16.1. The molecule has 1 rings (SSSR count). The lowest BCUT2D eigenvalue weighted by Gasteiger charge is -2.38. The molecule has 0 bridgehead atoms. The van der Waals surface area contributed by atoms with Crippen LogP contribution in [0, 0.1) is 17.3 Å². The maximum atomic E-state index is 12.7. The Bertz CT molecular complexity index is 420. The molecular formula is C19H34O5. The molecule has 0 amide bonds. The summed E-state index contributed by atoms with van der Waals surface area (Å²) in [6, 6.07) is 0. The molecule has 1 aliphatic rings. The second kappa shape index (κ2) is 9.40. The Morgan fingerprint density at radius 2 is 1.83 bits per heavy atom. The monoisotopic (exact) mass is 342 g/mol. The Morgan fingerprint density at radius 1 is 1.17 bits per heavy atom. The van der Waals surface area contributed by atoms with Gasteiger partial charge in [0.05, 0.1) is 11.5 Å². The van der Waals surface area contributed by atoms with E-state index in [0.29, 0.717) is 24.7 Å². The van der Waals surface area contributed by atoms with Crippen LogP contribution in [0.25, 0.3) is 0 Å². The van der Waals surface area contributed by atoms with Gasteiger partial charge in [-0.25, -0.2) is 0 Å². The summed E-state index contributed by atoms with van der Waals surface area (Å²) in [7, 11) is 1.68. The zero-order valence-corrected chi connectivity index (χ0v) is 16.1. The van der Waals surface area contributed by atoms with Gasteiger partial charge in [0.15, 0.2) is 0 Å². The van der Waals surface area contributed by atoms with Crippen molar-refractivity contribution < 1.29 is 23.8 Å². The molecular weight excluding hydrogens is 308 g/mol. The average molecular weight is 342 g/mol. The van der Waals surface area contributed by atoms with Gasteiger partial charge in [-0.1, -0.05) is 27.7 Å². The predicted molar refractivity (Wildman–Crippen MR) is 92.5 cm³/mol. The molecule has 0 heterocycles. The van der Waals surface area contributed by atoms with Crippen LogP contribution in [0.3, 0.4) is 0 Å². The minimum absolute atomic E-state index is 0.0607. The molecule has 4 atom stereocenters. The van der Waals surface area contributed by atoms with Gasteiger partial charge in [-0.2, -0.15) is 0 Å². The van der Waals surface area contributed by atoms with Crippen LogP contribution in [0.5, 0.6) is 0 Å². The van der Waals surface area contributed by atoms with Gasteiger partial charge in [0.1, 0.15) is 12.7 Å². The molecule has 140 valence electrons. The summed E-state index contributed by atoms with van der Waals surface area (Å²) in [5, 5.41) is 0. The quantitative estimate of drug-likeness (QED) is 0.629. The summed E-state index contributed by atoms with van der Waals surface area (Å²) < 4.78 is 16.6. The lowest BCUT2D eigenvalue weighted by atomic mass is 9.79. The molecule has 0 radical (unpaired) electrons. The number of methoxy groups -OCH3 is 1. The first-order chi connectivity index (χ1) is 11.3. The van der Waals surface area contributed by atoms with Crippen molar-refractivity contribution in [1.29, 1.82) is 0 Å². The van der Waals surface area contributed by atoms with Crippen molar-refractivity contribution in [2.24, 2.45) is 17.3 Å². The first-order valence-electron chi connectivity index (χ1n) is 9.16. The Hall–Kier alpha value is -1.10. The van der Waals surface area contributed by atoms with Gasteiger partial charge in [-0.05, 0) is 44.4 Å². The third-order valence-electron chi connectivity index (χ3n) is 5.39. The fraction of sp³-hybridized carbons (Fsp3) is 0.895. The Balaban J connectivity index is 2.68. The topological polar surface area (TPSA) is 61.8 Å². The molecule has 1 fully saturated rings. The maximum absolute atomic E-state index is 12.7. The Labute approximate surface area is 146 Å². The van der Waals surface area contributed by atoms with Crippen molar-refractivity contribution in [2.75, 3.05) is 13.7 Å². The summed E-state index contributed by atoms with van der Waals surface area (Å²) in [5.74, 6) is 0.611. The summed E-state index contributed by atoms with van der Waals surface area (Å²) in [4.78, 5) is 24.1. The largest absolute Gasteiger partial charge is 0.464 e. The highest BCUT2D eigenvalue weighted by atomic mass is 16.6. The van der Waals surface area contributed by atoms with Crippen LogP contribution in [0.2, 0.25) is 0 Å². The number of carbonyl (C=O) groups is 2. The third kappa shape index (κ3) is 5.47. The van der Waals surface area contributed by atoms with E-state index in [9.17, 15) is 9.59 Å². The van der Waals surface area contributed by atoms with Crippen LogP contribution in [-0.2, 0) is 23.8 Å². The molecule has 1 unspecified atom stereocenters. The van der Waals surface area contributed by atoms with Gasteiger partial charge in [0, 0.05) is 13.5 Å². The molecule has 0 aliphatic heterocycles. The first kappa shape index (κ1) is 20.9. The van der Waals surface area contributed by atoms with E-state index < -0.39 is 5.41 Å². The fourth-order valence-corrected chi connectivity index (χ4v) is 3.05. The van der Waals surface area contributed by atoms with Crippen LogP contribution in [0.4, 0.5) is 0 Å². The van der Waals surface area contributed by atoms with E-state index in [1.807, 2.05) is 6.92 Å². The minimum atomic E-state index is -0.808. The second-order valence-corrected chi connectivity index (χ2v) is 7.46. The average Bonchev–Trinajstić information content (AvgIpc) is 2.59. The van der Waals surface area contributed by atoms with E-state index in [-0.39, 0.29) is 30.8 Å². The molecule has 5 heteroatoms. The number of esters is 2. The van der Waals surface area contributed by atoms with Crippen molar-refractivity contribution >= 4 is 11.9 Å². The van der Waals surface area contributed by atoms with Crippen molar-refractivity contribution in [3.05, 3.63) is 0 Å². The lowest BCUT2D eigenvalue weighted by molar-refractivity contribution is -0.177. The second-order valence-electron chi connectivity index (χ2n) is 7.46. The molecule has 0 saturated heterocycles. The Kier molecular flexibility index (Phi) is 8.20. The molecule has 0 spiro atoms. The van der Waals surface area contributed by atoms with Gasteiger partial charge < -0.3 is 14.2 Å². The minimum Gasteiger partial charge on any atom is -0.464 e. The zero-order chi connectivity index (χ0) is 18.3. The summed E-state index contributed by atoms with van der Waals surface area (Å²) in [5.41, 5.74) is -0.808. The van der Waals surface area contributed by atoms with E-state index >= 15 is 0 Å². The molecule has 0 aromatic rings. The van der Waals surface area contributed by atoms with E-state index in [1.165, 1.54) is 0 Å². The molecule has 1 saturated carbocycles. The highest BCUT2D eigenvalue weighted by molar-refractivity contribution is 5.77. The van der Waals surface area contributed by atoms with Crippen LogP contribution in [0.15, 0.2) is 0 Å². The number of rotatable bonds is 8. The number of hydrogen-bond acceptors (Lipinski definition) is 5. The number of hydrogen-bond donors (Lipinski definition) is 0. The smallest absolute Gasteiger partial charge is 0.315 e. The van der Waals surface area contributed by atoms with Gasteiger partial charge in [-0.15, -0.1) is 0 Å². The molecule has 0 aromatic heterocycles. The summed E-state index contributed by atoms with van der Waals surface area (Å²) in [6.45, 7) is 9.94. The van der Waals surface area contributed by atoms with Crippen molar-refractivity contribution in [3.63, 3.8) is 0 Å². The lowest BCUT2D eigenvalue weighted by Crippen LogP contribution is -2.44. The van der Waals surface area contributed by atoms with Gasteiger partial charge >= 0.3 is 11.9 Å². The molecule has 5 nitrogen and oxygen atoms in total. The highest BCUT2D eigenvalue weighted by Gasteiger charge is 2.40. The SMILES string of the molecule is CCC(=O)OCC(C)(CC)C(=O)O[C@@H]1CC[C@@H](C(C)C)C[C@H]1OC. The van der Waals surface area contributed by atoms with E-state index in [0.717, 1.165) is 19.3 Å². The van der Waals surface area contributed by atoms with Crippen molar-refractivity contribution in [2.45, 2.75) is 78.9 Å². The predicted octanol–water partition coefficient (Wildman–Crippen LogP) is 3.74. The maximum Gasteiger partial charge on any atom is 0.315 e. The van der Waals surface area contributed by atoms with Crippen molar-refractivity contribution in [1.82, 2.24) is 0 Å². The Morgan fingerprint density at radius 3 is 2.33 bits per heavy atom. The fourth-order valence-electron chi connectivity index (χ4n) is 3.05. The van der Waals surface area contributed by atoms with Crippen LogP contribution in [0.1, 0.15) is 66.7 Å². The summed E-state index contributed by atoms with van der Waals surface area (Å²) >= 11 is 0. The van der Waals surface area contributed by atoms with E-state index in [1.54, 1.807) is 21.0 Å². The van der Waals surface area contributed by atoms with Crippen molar-refractivity contribution in [3.8, 4) is 0 Å². The van der Waals surface area contributed by atoms with Gasteiger partial charge in [0.2, 0.25) is 0 Å². The van der Waals surface area contributed by atoms with E-state index in [2.05, 4.69) is 13.8 Å². The normalized spacial score (nSPS) is 26.7. The molecule has 0 aromatic carbocycles. The third-order valence-corrected chi connectivity index (χ3v) is 5.39. The van der Waals surface area contributed by atoms with Gasteiger partial charge in [-0.3, -0.25) is 9.59 Å². The van der Waals surface area contributed by atoms with Crippen LogP contribution >= 0.6 is 0 Å². The molecule has 24 heavy (non-hydrogen) atoms. The number of carbonyl (C=O) groups excluding carboxylic acids is 2. The van der Waals surface area contributed by atoms with Gasteiger partial charge in [0.25, 0.3) is 0 Å². The molecule has 1 aliphatic carbocycles. The van der Waals surface area contributed by atoms with Crippen LogP contribution < -0.4 is 0 Å². The van der Waals surface area contributed by atoms with Crippen LogP contribution in [-0.4, -0.2) is 37.9 Å². The first-order valence-corrected chi connectivity index (χ1v) is 9.16. The summed E-state index contributed by atoms with van der Waals surface area (Å²) in [6.07, 6.45) is 3.37. The van der Waals surface area contributed by atoms with E-state index in [4.69, 9.17) is 14.2 Å².